The largest absolute Gasteiger partial charge is 0.490 e. The second-order valence-corrected chi connectivity index (χ2v) is 12.2. The van der Waals surface area contributed by atoms with Crippen LogP contribution in [0, 0.1) is 0 Å². The molecule has 1 aliphatic heterocycles. The lowest BCUT2D eigenvalue weighted by atomic mass is 9.99. The van der Waals surface area contributed by atoms with Gasteiger partial charge in [0.1, 0.15) is 0 Å². The summed E-state index contributed by atoms with van der Waals surface area (Å²) in [6.07, 6.45) is -3.93. The van der Waals surface area contributed by atoms with E-state index in [1.165, 1.54) is 0 Å². The van der Waals surface area contributed by atoms with Gasteiger partial charge in [-0.2, -0.15) is 13.2 Å². The maximum atomic E-state index is 10.6. The zero-order valence-corrected chi connectivity index (χ0v) is 15.5. The molecular formula is C14H28F3NO4Si. The third-order valence-electron chi connectivity index (χ3n) is 4.46. The highest BCUT2D eigenvalue weighted by Crippen LogP contribution is 2.39. The molecule has 1 aliphatic rings. The number of halogens is 3. The van der Waals surface area contributed by atoms with E-state index in [1.54, 1.807) is 0 Å². The third-order valence-corrected chi connectivity index (χ3v) is 8.95. The summed E-state index contributed by atoms with van der Waals surface area (Å²) in [5, 5.41) is 20.2. The Balaban J connectivity index is 0.000000585. The van der Waals surface area contributed by atoms with Crippen LogP contribution >= 0.6 is 0 Å². The van der Waals surface area contributed by atoms with Crippen molar-refractivity contribution in [1.82, 2.24) is 5.32 Å². The van der Waals surface area contributed by atoms with Gasteiger partial charge >= 0.3 is 12.1 Å². The van der Waals surface area contributed by atoms with E-state index in [4.69, 9.17) is 14.3 Å². The minimum absolute atomic E-state index is 0.145. The van der Waals surface area contributed by atoms with Gasteiger partial charge in [-0.3, -0.25) is 0 Å². The Morgan fingerprint density at radius 2 is 1.78 bits per heavy atom. The number of aliphatic hydroxyl groups excluding tert-OH is 1. The highest BCUT2D eigenvalue weighted by atomic mass is 28.4. The number of rotatable bonds is 3. The fourth-order valence-corrected chi connectivity index (χ4v) is 3.24. The summed E-state index contributed by atoms with van der Waals surface area (Å²) < 4.78 is 38.1. The molecule has 1 fully saturated rings. The minimum atomic E-state index is -5.08. The first-order valence-corrected chi connectivity index (χ1v) is 10.3. The number of aliphatic hydroxyl groups is 1. The fraction of sp³-hybridized carbons (Fsp3) is 0.929. The van der Waals surface area contributed by atoms with Crippen molar-refractivity contribution in [1.29, 1.82) is 0 Å². The van der Waals surface area contributed by atoms with Crippen molar-refractivity contribution in [3.8, 4) is 0 Å². The van der Waals surface area contributed by atoms with E-state index in [1.807, 2.05) is 0 Å². The first-order chi connectivity index (χ1) is 10.1. The molecule has 1 heterocycles. The SMILES string of the molecule is CC(C)(C)[Si](C)(C)O[C@@H]1CCN[C@]1(C)CO.O=C(O)C(F)(F)F. The lowest BCUT2D eigenvalue weighted by molar-refractivity contribution is -0.192. The van der Waals surface area contributed by atoms with Crippen LogP contribution in [0.3, 0.4) is 0 Å². The zero-order chi connectivity index (χ0) is 18.7. The van der Waals surface area contributed by atoms with Crippen molar-refractivity contribution >= 4 is 14.3 Å². The van der Waals surface area contributed by atoms with Crippen molar-refractivity contribution in [2.45, 2.75) is 70.1 Å². The molecule has 3 N–H and O–H groups in total. The fourth-order valence-electron chi connectivity index (χ4n) is 1.80. The van der Waals surface area contributed by atoms with Crippen molar-refractivity contribution in [3.05, 3.63) is 0 Å². The summed E-state index contributed by atoms with van der Waals surface area (Å²) >= 11 is 0. The number of nitrogens with one attached hydrogen (secondary N) is 1. The van der Waals surface area contributed by atoms with Gasteiger partial charge < -0.3 is 20.0 Å². The van der Waals surface area contributed by atoms with Crippen LogP contribution in [0.1, 0.15) is 34.1 Å². The quantitative estimate of drug-likeness (QED) is 0.676. The number of carboxylic acid groups (broad SMARTS) is 1. The molecule has 0 bridgehead atoms. The molecule has 0 aromatic heterocycles. The Morgan fingerprint density at radius 1 is 1.35 bits per heavy atom. The lowest BCUT2D eigenvalue weighted by Crippen LogP contribution is -2.54. The molecule has 1 rings (SSSR count). The molecule has 0 aromatic carbocycles. The molecule has 0 unspecified atom stereocenters. The van der Waals surface area contributed by atoms with Gasteiger partial charge in [-0.1, -0.05) is 20.8 Å². The molecule has 23 heavy (non-hydrogen) atoms. The molecule has 0 radical (unpaired) electrons. The minimum Gasteiger partial charge on any atom is -0.475 e. The van der Waals surface area contributed by atoms with Crippen LogP contribution in [0.15, 0.2) is 0 Å². The molecule has 0 aromatic rings. The van der Waals surface area contributed by atoms with E-state index < -0.39 is 20.5 Å². The Morgan fingerprint density at radius 3 is 2.09 bits per heavy atom. The maximum Gasteiger partial charge on any atom is 0.490 e. The van der Waals surface area contributed by atoms with E-state index in [9.17, 15) is 18.3 Å². The number of aliphatic carboxylic acids is 1. The van der Waals surface area contributed by atoms with Gasteiger partial charge in [-0.25, -0.2) is 4.79 Å². The van der Waals surface area contributed by atoms with Crippen LogP contribution in [-0.2, 0) is 9.22 Å². The van der Waals surface area contributed by atoms with E-state index >= 15 is 0 Å². The summed E-state index contributed by atoms with van der Waals surface area (Å²) in [5.41, 5.74) is -0.254. The molecule has 5 nitrogen and oxygen atoms in total. The Bertz CT molecular complexity index is 410. The highest BCUT2D eigenvalue weighted by Gasteiger charge is 2.46. The molecule has 1 saturated heterocycles. The smallest absolute Gasteiger partial charge is 0.475 e. The van der Waals surface area contributed by atoms with Gasteiger partial charge in [-0.15, -0.1) is 0 Å². The first-order valence-electron chi connectivity index (χ1n) is 7.40. The van der Waals surface area contributed by atoms with Crippen molar-refractivity contribution in [3.63, 3.8) is 0 Å². The third kappa shape index (κ3) is 6.40. The number of hydrogen-bond donors (Lipinski definition) is 3. The molecule has 138 valence electrons. The standard InChI is InChI=1S/C12H27NO2Si.C2HF3O2/c1-11(2,3)16(5,6)15-10-7-8-13-12(10,4)9-14;3-2(4,5)1(6)7/h10,13-14H,7-9H2,1-6H3;(H,6,7)/t10-,12-;/m1./s1. The molecule has 0 amide bonds. The summed E-state index contributed by atoms with van der Waals surface area (Å²) in [4.78, 5) is 8.90. The molecule has 2 atom stereocenters. The monoisotopic (exact) mass is 359 g/mol. The van der Waals surface area contributed by atoms with Gasteiger partial charge in [0.15, 0.2) is 8.32 Å². The zero-order valence-electron chi connectivity index (χ0n) is 14.5. The Hall–Kier alpha value is -0.643. The average molecular weight is 359 g/mol. The lowest BCUT2D eigenvalue weighted by Gasteiger charge is -2.42. The van der Waals surface area contributed by atoms with Crippen molar-refractivity contribution in [2.24, 2.45) is 0 Å². The summed E-state index contributed by atoms with van der Waals surface area (Å²) in [6.45, 7) is 14.4. The van der Waals surface area contributed by atoms with E-state index in [-0.39, 0.29) is 23.3 Å². The van der Waals surface area contributed by atoms with Gasteiger partial charge in [0.25, 0.3) is 0 Å². The predicted molar refractivity (Wildman–Crippen MR) is 83.9 cm³/mol. The molecular weight excluding hydrogens is 331 g/mol. The predicted octanol–water partition coefficient (Wildman–Crippen LogP) is 2.75. The van der Waals surface area contributed by atoms with Gasteiger partial charge in [0.05, 0.1) is 18.2 Å². The molecule has 0 saturated carbocycles. The van der Waals surface area contributed by atoms with Crippen LogP contribution in [0.2, 0.25) is 18.1 Å². The molecule has 0 spiro atoms. The number of alkyl halides is 3. The summed E-state index contributed by atoms with van der Waals surface area (Å²) in [5.74, 6) is -2.76. The number of carboxylic acids is 1. The van der Waals surface area contributed by atoms with Crippen LogP contribution in [0.25, 0.3) is 0 Å². The van der Waals surface area contributed by atoms with Crippen LogP contribution in [-0.4, -0.2) is 55.5 Å². The maximum absolute atomic E-state index is 10.6. The van der Waals surface area contributed by atoms with Crippen molar-refractivity contribution < 1.29 is 32.6 Å². The average Bonchev–Trinajstić information content (AvgIpc) is 2.69. The molecule has 0 aliphatic carbocycles. The van der Waals surface area contributed by atoms with Gasteiger partial charge in [0.2, 0.25) is 0 Å². The Labute approximate surface area is 136 Å². The second-order valence-electron chi connectivity index (χ2n) is 7.46. The first kappa shape index (κ1) is 22.4. The van der Waals surface area contributed by atoms with Crippen LogP contribution in [0.5, 0.6) is 0 Å². The van der Waals surface area contributed by atoms with Crippen LogP contribution < -0.4 is 5.32 Å². The van der Waals surface area contributed by atoms with Gasteiger partial charge in [0, 0.05) is 0 Å². The van der Waals surface area contributed by atoms with Gasteiger partial charge in [-0.05, 0) is 38.0 Å². The van der Waals surface area contributed by atoms with E-state index in [0.29, 0.717) is 0 Å². The topological polar surface area (TPSA) is 78.8 Å². The number of carbonyl (C=O) groups is 1. The Kier molecular flexibility index (Phi) is 7.29. The second kappa shape index (κ2) is 7.50. The highest BCUT2D eigenvalue weighted by molar-refractivity contribution is 6.74. The normalized spacial score (nSPS) is 25.7. The molecule has 9 heteroatoms. The van der Waals surface area contributed by atoms with E-state index in [0.717, 1.165) is 13.0 Å². The van der Waals surface area contributed by atoms with E-state index in [2.05, 4.69) is 46.1 Å². The van der Waals surface area contributed by atoms with Crippen molar-refractivity contribution in [2.75, 3.05) is 13.2 Å². The van der Waals surface area contributed by atoms with Crippen LogP contribution in [0.4, 0.5) is 13.2 Å². The summed E-state index contributed by atoms with van der Waals surface area (Å²) in [6, 6.07) is 0. The number of hydrogen-bond acceptors (Lipinski definition) is 4. The summed E-state index contributed by atoms with van der Waals surface area (Å²) in [7, 11) is -1.73.